The Labute approximate surface area is 98.0 Å². The van der Waals surface area contributed by atoms with Crippen molar-refractivity contribution in [1.29, 1.82) is 0 Å². The van der Waals surface area contributed by atoms with E-state index in [0.717, 1.165) is 19.5 Å². The third kappa shape index (κ3) is 4.42. The number of halogens is 1. The van der Waals surface area contributed by atoms with E-state index in [9.17, 15) is 4.79 Å². The highest BCUT2D eigenvalue weighted by Crippen LogP contribution is 2.19. The SMILES string of the molecule is CCCCCCCN1CC(CCl)CC1=O. The van der Waals surface area contributed by atoms with E-state index in [2.05, 4.69) is 6.92 Å². The lowest BCUT2D eigenvalue weighted by Crippen LogP contribution is -2.26. The molecule has 1 fully saturated rings. The number of amides is 1. The maximum atomic E-state index is 11.5. The largest absolute Gasteiger partial charge is 0.342 e. The van der Waals surface area contributed by atoms with Gasteiger partial charge in [-0.2, -0.15) is 0 Å². The first-order valence-corrected chi connectivity index (χ1v) is 6.65. The number of carbonyl (C=O) groups excluding carboxylic acids is 1. The van der Waals surface area contributed by atoms with E-state index in [1.54, 1.807) is 0 Å². The number of carbonyl (C=O) groups is 1. The molecule has 15 heavy (non-hydrogen) atoms. The standard InChI is InChI=1S/C12H22ClNO/c1-2-3-4-5-6-7-14-10-11(9-13)8-12(14)15/h11H,2-10H2,1H3. The summed E-state index contributed by atoms with van der Waals surface area (Å²) in [6.45, 7) is 4.04. The monoisotopic (exact) mass is 231 g/mol. The van der Waals surface area contributed by atoms with Gasteiger partial charge in [0.2, 0.25) is 5.91 Å². The van der Waals surface area contributed by atoms with Crippen molar-refractivity contribution in [2.24, 2.45) is 5.92 Å². The van der Waals surface area contributed by atoms with Crippen LogP contribution in [0, 0.1) is 5.92 Å². The molecule has 0 spiro atoms. The topological polar surface area (TPSA) is 20.3 Å². The highest BCUT2D eigenvalue weighted by Gasteiger charge is 2.27. The molecule has 0 aromatic rings. The van der Waals surface area contributed by atoms with Crippen molar-refractivity contribution in [1.82, 2.24) is 4.90 Å². The summed E-state index contributed by atoms with van der Waals surface area (Å²) in [7, 11) is 0. The number of nitrogens with zero attached hydrogens (tertiary/aromatic N) is 1. The number of likely N-dealkylation sites (tertiary alicyclic amines) is 1. The van der Waals surface area contributed by atoms with E-state index >= 15 is 0 Å². The minimum Gasteiger partial charge on any atom is -0.342 e. The predicted octanol–water partition coefficient (Wildman–Crippen LogP) is 3.04. The molecule has 1 saturated heterocycles. The van der Waals surface area contributed by atoms with Gasteiger partial charge < -0.3 is 4.90 Å². The molecule has 0 aromatic heterocycles. The van der Waals surface area contributed by atoms with Gasteiger partial charge >= 0.3 is 0 Å². The quantitative estimate of drug-likeness (QED) is 0.487. The van der Waals surface area contributed by atoms with Crippen molar-refractivity contribution in [2.45, 2.75) is 45.4 Å². The fourth-order valence-corrected chi connectivity index (χ4v) is 2.29. The summed E-state index contributed by atoms with van der Waals surface area (Å²) >= 11 is 5.76. The van der Waals surface area contributed by atoms with Gasteiger partial charge in [0.1, 0.15) is 0 Å². The molecule has 0 aromatic carbocycles. The van der Waals surface area contributed by atoms with Crippen molar-refractivity contribution in [3.05, 3.63) is 0 Å². The summed E-state index contributed by atoms with van der Waals surface area (Å²) < 4.78 is 0. The fourth-order valence-electron chi connectivity index (χ4n) is 2.08. The Morgan fingerprint density at radius 1 is 1.33 bits per heavy atom. The lowest BCUT2D eigenvalue weighted by atomic mass is 10.1. The Bertz CT molecular complexity index is 196. The van der Waals surface area contributed by atoms with Crippen LogP contribution >= 0.6 is 11.6 Å². The first-order valence-electron chi connectivity index (χ1n) is 6.11. The van der Waals surface area contributed by atoms with Gasteiger partial charge in [-0.25, -0.2) is 0 Å². The maximum Gasteiger partial charge on any atom is 0.222 e. The molecule has 0 bridgehead atoms. The second-order valence-corrected chi connectivity index (χ2v) is 4.79. The zero-order chi connectivity index (χ0) is 11.1. The summed E-state index contributed by atoms with van der Waals surface area (Å²) in [4.78, 5) is 13.5. The minimum absolute atomic E-state index is 0.302. The summed E-state index contributed by atoms with van der Waals surface area (Å²) in [6.07, 6.45) is 6.97. The van der Waals surface area contributed by atoms with E-state index in [4.69, 9.17) is 11.6 Å². The van der Waals surface area contributed by atoms with Crippen LogP contribution in [-0.4, -0.2) is 29.8 Å². The molecule has 88 valence electrons. The molecule has 0 N–H and O–H groups in total. The van der Waals surface area contributed by atoms with Gasteiger partial charge in [0.05, 0.1) is 0 Å². The number of alkyl halides is 1. The van der Waals surface area contributed by atoms with Gasteiger partial charge in [0.15, 0.2) is 0 Å². The summed E-state index contributed by atoms with van der Waals surface area (Å²) in [5.74, 6) is 1.32. The summed E-state index contributed by atoms with van der Waals surface area (Å²) in [6, 6.07) is 0. The maximum absolute atomic E-state index is 11.5. The van der Waals surface area contributed by atoms with Gasteiger partial charge in [0, 0.05) is 25.4 Å². The molecular formula is C12H22ClNO. The first kappa shape index (κ1) is 12.8. The molecule has 1 heterocycles. The van der Waals surface area contributed by atoms with Crippen LogP contribution in [0.1, 0.15) is 45.4 Å². The van der Waals surface area contributed by atoms with Gasteiger partial charge in [-0.15, -0.1) is 11.6 Å². The van der Waals surface area contributed by atoms with Crippen molar-refractivity contribution in [3.8, 4) is 0 Å². The number of hydrogen-bond acceptors (Lipinski definition) is 1. The third-order valence-corrected chi connectivity index (χ3v) is 3.48. The van der Waals surface area contributed by atoms with Crippen LogP contribution in [0.25, 0.3) is 0 Å². The van der Waals surface area contributed by atoms with Gasteiger partial charge in [-0.3, -0.25) is 4.79 Å². The van der Waals surface area contributed by atoms with E-state index in [1.165, 1.54) is 25.7 Å². The minimum atomic E-state index is 0.302. The highest BCUT2D eigenvalue weighted by atomic mass is 35.5. The lowest BCUT2D eigenvalue weighted by Gasteiger charge is -2.15. The Balaban J connectivity index is 2.08. The molecule has 0 aliphatic carbocycles. The van der Waals surface area contributed by atoms with Crippen LogP contribution in [-0.2, 0) is 4.79 Å². The van der Waals surface area contributed by atoms with Gasteiger partial charge in [-0.05, 0) is 12.3 Å². The second-order valence-electron chi connectivity index (χ2n) is 4.48. The molecule has 0 radical (unpaired) electrons. The van der Waals surface area contributed by atoms with E-state index in [0.29, 0.717) is 24.1 Å². The van der Waals surface area contributed by atoms with Gasteiger partial charge in [-0.1, -0.05) is 32.6 Å². The van der Waals surface area contributed by atoms with Crippen LogP contribution in [0.2, 0.25) is 0 Å². The third-order valence-electron chi connectivity index (χ3n) is 3.04. The summed E-state index contributed by atoms with van der Waals surface area (Å²) in [5.41, 5.74) is 0. The summed E-state index contributed by atoms with van der Waals surface area (Å²) in [5, 5.41) is 0. The van der Waals surface area contributed by atoms with Crippen molar-refractivity contribution in [3.63, 3.8) is 0 Å². The zero-order valence-electron chi connectivity index (χ0n) is 9.67. The predicted molar refractivity (Wildman–Crippen MR) is 64.2 cm³/mol. The zero-order valence-corrected chi connectivity index (χ0v) is 10.4. The molecule has 1 rings (SSSR count). The van der Waals surface area contributed by atoms with Crippen LogP contribution in [0.5, 0.6) is 0 Å². The molecule has 1 atom stereocenters. The average Bonchev–Trinajstić information content (AvgIpc) is 2.59. The molecular weight excluding hydrogens is 210 g/mol. The van der Waals surface area contributed by atoms with Crippen LogP contribution in [0.3, 0.4) is 0 Å². The normalized spacial score (nSPS) is 21.3. The molecule has 0 saturated carbocycles. The molecule has 1 aliphatic heterocycles. The average molecular weight is 232 g/mol. The fraction of sp³-hybridized carbons (Fsp3) is 0.917. The van der Waals surface area contributed by atoms with Crippen LogP contribution < -0.4 is 0 Å². The van der Waals surface area contributed by atoms with E-state index in [1.807, 2.05) is 4.90 Å². The Kier molecular flexibility index (Phi) is 6.07. The number of hydrogen-bond donors (Lipinski definition) is 0. The lowest BCUT2D eigenvalue weighted by molar-refractivity contribution is -0.127. The molecule has 3 heteroatoms. The van der Waals surface area contributed by atoms with Crippen LogP contribution in [0.15, 0.2) is 0 Å². The number of rotatable bonds is 7. The second kappa shape index (κ2) is 7.10. The molecule has 1 unspecified atom stereocenters. The Hall–Kier alpha value is -0.240. The van der Waals surface area contributed by atoms with Gasteiger partial charge in [0.25, 0.3) is 0 Å². The van der Waals surface area contributed by atoms with Crippen LogP contribution in [0.4, 0.5) is 0 Å². The molecule has 2 nitrogen and oxygen atoms in total. The smallest absolute Gasteiger partial charge is 0.222 e. The van der Waals surface area contributed by atoms with E-state index < -0.39 is 0 Å². The van der Waals surface area contributed by atoms with Crippen molar-refractivity contribution in [2.75, 3.05) is 19.0 Å². The Morgan fingerprint density at radius 3 is 2.67 bits per heavy atom. The highest BCUT2D eigenvalue weighted by molar-refractivity contribution is 6.18. The van der Waals surface area contributed by atoms with E-state index in [-0.39, 0.29) is 0 Å². The number of unbranched alkanes of at least 4 members (excludes halogenated alkanes) is 4. The first-order chi connectivity index (χ1) is 7.27. The Morgan fingerprint density at radius 2 is 2.07 bits per heavy atom. The molecule has 1 aliphatic rings. The van der Waals surface area contributed by atoms with Crippen molar-refractivity contribution < 1.29 is 4.79 Å². The van der Waals surface area contributed by atoms with Crippen molar-refractivity contribution >= 4 is 17.5 Å². The molecule has 1 amide bonds.